The molecule has 2 saturated heterocycles. The quantitative estimate of drug-likeness (QED) is 0.688. The lowest BCUT2D eigenvalue weighted by Gasteiger charge is -2.32. The number of nitrogens with zero attached hydrogens (tertiary/aromatic N) is 1. The van der Waals surface area contributed by atoms with Crippen LogP contribution in [0.5, 0.6) is 0 Å². The number of piperidine rings is 2. The van der Waals surface area contributed by atoms with Gasteiger partial charge < -0.3 is 10.1 Å². The van der Waals surface area contributed by atoms with Crippen molar-refractivity contribution in [3.05, 3.63) is 0 Å². The minimum atomic E-state index is -3.45. The molecule has 0 aromatic heterocycles. The molecule has 1 unspecified atom stereocenters. The van der Waals surface area contributed by atoms with Crippen LogP contribution in [-0.2, 0) is 19.7 Å². The van der Waals surface area contributed by atoms with E-state index in [1.807, 2.05) is 0 Å². The highest BCUT2D eigenvalue weighted by atomic mass is 32.2. The Hall–Kier alpha value is -0.700. The van der Waals surface area contributed by atoms with E-state index in [1.54, 1.807) is 6.92 Å². The first-order valence-electron chi connectivity index (χ1n) is 7.67. The van der Waals surface area contributed by atoms with Gasteiger partial charge in [-0.05, 0) is 39.2 Å². The first kappa shape index (κ1) is 16.7. The molecule has 8 heteroatoms. The van der Waals surface area contributed by atoms with Crippen molar-refractivity contribution in [3.63, 3.8) is 0 Å². The Kier molecular flexibility index (Phi) is 5.98. The van der Waals surface area contributed by atoms with Gasteiger partial charge in [0.05, 0.1) is 12.5 Å². The molecular formula is C13H25N3O4S. The third kappa shape index (κ3) is 4.64. The molecular weight excluding hydrogens is 294 g/mol. The Bertz CT molecular complexity index is 440. The molecule has 2 rings (SSSR count). The summed E-state index contributed by atoms with van der Waals surface area (Å²) < 4.78 is 33.8. The zero-order chi connectivity index (χ0) is 15.3. The van der Waals surface area contributed by atoms with Gasteiger partial charge in [0.25, 0.3) is 10.2 Å². The minimum absolute atomic E-state index is 0.0356. The maximum Gasteiger partial charge on any atom is 0.309 e. The van der Waals surface area contributed by atoms with E-state index in [2.05, 4.69) is 10.0 Å². The molecule has 2 N–H and O–H groups in total. The van der Waals surface area contributed by atoms with Crippen LogP contribution in [0.4, 0.5) is 0 Å². The number of carbonyl (C=O) groups is 1. The molecule has 2 aliphatic heterocycles. The van der Waals surface area contributed by atoms with Crippen molar-refractivity contribution in [1.82, 2.24) is 14.3 Å². The van der Waals surface area contributed by atoms with Crippen LogP contribution in [0.15, 0.2) is 0 Å². The highest BCUT2D eigenvalue weighted by Gasteiger charge is 2.33. The van der Waals surface area contributed by atoms with Gasteiger partial charge >= 0.3 is 5.97 Å². The van der Waals surface area contributed by atoms with Crippen molar-refractivity contribution in [1.29, 1.82) is 0 Å². The highest BCUT2D eigenvalue weighted by molar-refractivity contribution is 7.87. The summed E-state index contributed by atoms with van der Waals surface area (Å²) in [5.74, 6) is -0.383. The standard InChI is InChI=1S/C13H25N3O4S/c1-2-20-13(17)11-5-8-16(9-6-11)21(18,19)15-12-4-3-7-14-10-12/h11-12,14-15H,2-10H2,1H3. The van der Waals surface area contributed by atoms with Gasteiger partial charge in [-0.3, -0.25) is 4.79 Å². The summed E-state index contributed by atoms with van der Waals surface area (Å²) in [6.45, 7) is 4.52. The third-order valence-corrected chi connectivity index (χ3v) is 5.70. The number of ether oxygens (including phenoxy) is 1. The van der Waals surface area contributed by atoms with E-state index >= 15 is 0 Å². The van der Waals surface area contributed by atoms with E-state index < -0.39 is 10.2 Å². The predicted molar refractivity (Wildman–Crippen MR) is 78.9 cm³/mol. The van der Waals surface area contributed by atoms with Crippen LogP contribution in [0.1, 0.15) is 32.6 Å². The smallest absolute Gasteiger partial charge is 0.309 e. The van der Waals surface area contributed by atoms with Gasteiger partial charge in [0.15, 0.2) is 0 Å². The van der Waals surface area contributed by atoms with Gasteiger partial charge in [0.1, 0.15) is 0 Å². The first-order valence-corrected chi connectivity index (χ1v) is 9.11. The summed E-state index contributed by atoms with van der Waals surface area (Å²) in [4.78, 5) is 11.7. The SMILES string of the molecule is CCOC(=O)C1CCN(S(=O)(=O)NC2CCCNC2)CC1. The second-order valence-electron chi connectivity index (χ2n) is 5.59. The molecule has 0 bridgehead atoms. The Balaban J connectivity index is 1.84. The number of rotatable bonds is 5. The Morgan fingerprint density at radius 1 is 1.33 bits per heavy atom. The van der Waals surface area contributed by atoms with Crippen LogP contribution < -0.4 is 10.0 Å². The topological polar surface area (TPSA) is 87.7 Å². The van der Waals surface area contributed by atoms with Crippen LogP contribution in [0.25, 0.3) is 0 Å². The van der Waals surface area contributed by atoms with Crippen molar-refractivity contribution >= 4 is 16.2 Å². The molecule has 0 saturated carbocycles. The molecule has 7 nitrogen and oxygen atoms in total. The molecule has 0 aromatic rings. The van der Waals surface area contributed by atoms with E-state index in [0.717, 1.165) is 19.4 Å². The predicted octanol–water partition coefficient (Wildman–Crippen LogP) is -0.152. The Labute approximate surface area is 126 Å². The van der Waals surface area contributed by atoms with E-state index in [4.69, 9.17) is 4.74 Å². The van der Waals surface area contributed by atoms with Crippen LogP contribution in [-0.4, -0.2) is 57.5 Å². The van der Waals surface area contributed by atoms with E-state index in [-0.39, 0.29) is 17.9 Å². The summed E-state index contributed by atoms with van der Waals surface area (Å²) in [6.07, 6.45) is 2.91. The highest BCUT2D eigenvalue weighted by Crippen LogP contribution is 2.20. The maximum atomic E-state index is 12.3. The molecule has 122 valence electrons. The lowest BCUT2D eigenvalue weighted by Crippen LogP contribution is -2.52. The van der Waals surface area contributed by atoms with Gasteiger partial charge in [0.2, 0.25) is 0 Å². The number of hydrogen-bond acceptors (Lipinski definition) is 5. The molecule has 0 aliphatic carbocycles. The van der Waals surface area contributed by atoms with Gasteiger partial charge in [0, 0.05) is 25.7 Å². The molecule has 0 radical (unpaired) electrons. The average molecular weight is 319 g/mol. The monoisotopic (exact) mass is 319 g/mol. The Morgan fingerprint density at radius 2 is 2.05 bits per heavy atom. The Morgan fingerprint density at radius 3 is 2.62 bits per heavy atom. The van der Waals surface area contributed by atoms with Crippen molar-refractivity contribution in [2.75, 3.05) is 32.8 Å². The molecule has 2 heterocycles. The fourth-order valence-electron chi connectivity index (χ4n) is 2.83. The van der Waals surface area contributed by atoms with Crippen LogP contribution in [0, 0.1) is 5.92 Å². The van der Waals surface area contributed by atoms with Crippen LogP contribution in [0.2, 0.25) is 0 Å². The summed E-state index contributed by atoms with van der Waals surface area (Å²) in [5.41, 5.74) is 0. The molecule has 0 aromatic carbocycles. The molecule has 21 heavy (non-hydrogen) atoms. The third-order valence-electron chi connectivity index (χ3n) is 4.03. The lowest BCUT2D eigenvalue weighted by atomic mass is 9.98. The van der Waals surface area contributed by atoms with Gasteiger partial charge in [-0.25, -0.2) is 0 Å². The molecule has 0 amide bonds. The summed E-state index contributed by atoms with van der Waals surface area (Å²) in [5, 5.41) is 3.19. The number of nitrogens with one attached hydrogen (secondary N) is 2. The minimum Gasteiger partial charge on any atom is -0.466 e. The first-order chi connectivity index (χ1) is 10.0. The second-order valence-corrected chi connectivity index (χ2v) is 7.29. The van der Waals surface area contributed by atoms with E-state index in [0.29, 0.717) is 39.1 Å². The van der Waals surface area contributed by atoms with Crippen LogP contribution >= 0.6 is 0 Å². The number of carbonyl (C=O) groups excluding carboxylic acids is 1. The molecule has 2 aliphatic rings. The van der Waals surface area contributed by atoms with Crippen molar-refractivity contribution in [2.45, 2.75) is 38.6 Å². The average Bonchev–Trinajstić information content (AvgIpc) is 2.48. The van der Waals surface area contributed by atoms with Crippen molar-refractivity contribution < 1.29 is 17.9 Å². The zero-order valence-corrected chi connectivity index (χ0v) is 13.3. The van der Waals surface area contributed by atoms with E-state index in [1.165, 1.54) is 4.31 Å². The number of esters is 1. The fourth-order valence-corrected chi connectivity index (χ4v) is 4.29. The van der Waals surface area contributed by atoms with Gasteiger partial charge in [-0.2, -0.15) is 17.4 Å². The van der Waals surface area contributed by atoms with E-state index in [9.17, 15) is 13.2 Å². The fraction of sp³-hybridized carbons (Fsp3) is 0.923. The maximum absolute atomic E-state index is 12.3. The summed E-state index contributed by atoms with van der Waals surface area (Å²) >= 11 is 0. The van der Waals surface area contributed by atoms with Gasteiger partial charge in [-0.1, -0.05) is 0 Å². The molecule has 2 fully saturated rings. The lowest BCUT2D eigenvalue weighted by molar-refractivity contribution is -0.149. The van der Waals surface area contributed by atoms with Crippen molar-refractivity contribution in [2.24, 2.45) is 5.92 Å². The van der Waals surface area contributed by atoms with Crippen molar-refractivity contribution in [3.8, 4) is 0 Å². The van der Waals surface area contributed by atoms with Crippen LogP contribution in [0.3, 0.4) is 0 Å². The molecule has 1 atom stereocenters. The summed E-state index contributed by atoms with van der Waals surface area (Å²) in [6, 6.07) is -0.0356. The normalized spacial score (nSPS) is 25.7. The largest absolute Gasteiger partial charge is 0.466 e. The molecule has 0 spiro atoms. The van der Waals surface area contributed by atoms with Gasteiger partial charge in [-0.15, -0.1) is 0 Å². The zero-order valence-electron chi connectivity index (χ0n) is 12.5. The second kappa shape index (κ2) is 7.53. The number of hydrogen-bond donors (Lipinski definition) is 2. The summed E-state index contributed by atoms with van der Waals surface area (Å²) in [7, 11) is -3.45.